The van der Waals surface area contributed by atoms with Gasteiger partial charge in [0.05, 0.1) is 17.9 Å². The summed E-state index contributed by atoms with van der Waals surface area (Å²) in [4.78, 5) is 26.4. The molecule has 3 N–H and O–H groups in total. The molecular weight excluding hydrogens is 324 g/mol. The fourth-order valence-corrected chi connectivity index (χ4v) is 4.49. The number of amides is 2. The Morgan fingerprint density at radius 1 is 1.50 bits per heavy atom. The summed E-state index contributed by atoms with van der Waals surface area (Å²) in [5, 5.41) is 11.3. The summed E-state index contributed by atoms with van der Waals surface area (Å²) < 4.78 is 0.840. The summed E-state index contributed by atoms with van der Waals surface area (Å²) in [6.07, 6.45) is 0. The third-order valence-electron chi connectivity index (χ3n) is 3.82. The molecule has 1 aromatic rings. The number of carbonyl (C=O) groups excluding carboxylic acids is 2. The van der Waals surface area contributed by atoms with Crippen molar-refractivity contribution in [3.05, 3.63) is 0 Å². The van der Waals surface area contributed by atoms with E-state index in [9.17, 15) is 9.59 Å². The van der Waals surface area contributed by atoms with Crippen molar-refractivity contribution < 1.29 is 9.59 Å². The first kappa shape index (κ1) is 15.7. The second-order valence-corrected chi connectivity index (χ2v) is 7.88. The molecule has 2 amide bonds. The van der Waals surface area contributed by atoms with Crippen molar-refractivity contribution in [1.29, 1.82) is 0 Å². The summed E-state index contributed by atoms with van der Waals surface area (Å²) in [5.41, 5.74) is 5.57. The molecule has 2 fully saturated rings. The van der Waals surface area contributed by atoms with Gasteiger partial charge in [0.25, 0.3) is 0 Å². The summed E-state index contributed by atoms with van der Waals surface area (Å²) in [6, 6.07) is -0.180. The Morgan fingerprint density at radius 2 is 2.32 bits per heavy atom. The number of likely N-dealkylation sites (tertiary alicyclic amines) is 1. The summed E-state index contributed by atoms with van der Waals surface area (Å²) in [5.74, 6) is 0.225. The van der Waals surface area contributed by atoms with Gasteiger partial charge in [-0.2, -0.15) is 0 Å². The Labute approximate surface area is 136 Å². The Kier molecular flexibility index (Phi) is 4.62. The number of hydrazine groups is 1. The van der Waals surface area contributed by atoms with Gasteiger partial charge in [-0.25, -0.2) is 5.43 Å². The topological polar surface area (TPSA) is 99.2 Å². The lowest BCUT2D eigenvalue weighted by atomic mass is 9.84. The minimum Gasteiger partial charge on any atom is -0.305 e. The van der Waals surface area contributed by atoms with Gasteiger partial charge in [-0.15, -0.1) is 10.2 Å². The van der Waals surface area contributed by atoms with E-state index >= 15 is 0 Å². The summed E-state index contributed by atoms with van der Waals surface area (Å²) >= 11 is 2.96. The van der Waals surface area contributed by atoms with Gasteiger partial charge >= 0.3 is 0 Å². The number of hydrogen-bond acceptors (Lipinski definition) is 8. The van der Waals surface area contributed by atoms with Gasteiger partial charge in [0.1, 0.15) is 0 Å². The fourth-order valence-electron chi connectivity index (χ4n) is 2.83. The lowest BCUT2D eigenvalue weighted by molar-refractivity contribution is -0.126. The second kappa shape index (κ2) is 6.49. The van der Waals surface area contributed by atoms with Crippen molar-refractivity contribution in [1.82, 2.24) is 25.9 Å². The van der Waals surface area contributed by atoms with Crippen molar-refractivity contribution in [3.8, 4) is 0 Å². The van der Waals surface area contributed by atoms with Crippen LogP contribution in [0.1, 0.15) is 6.92 Å². The van der Waals surface area contributed by atoms with E-state index < -0.39 is 0 Å². The highest BCUT2D eigenvalue weighted by molar-refractivity contribution is 8.01. The largest absolute Gasteiger partial charge is 0.305 e. The molecule has 120 valence electrons. The van der Waals surface area contributed by atoms with Crippen LogP contribution < -0.4 is 16.2 Å². The van der Waals surface area contributed by atoms with E-state index in [0.717, 1.165) is 10.1 Å². The first-order chi connectivity index (χ1) is 10.6. The monoisotopic (exact) mass is 342 g/mol. The number of thioether (sulfide) groups is 1. The molecule has 0 radical (unpaired) electrons. The van der Waals surface area contributed by atoms with Crippen molar-refractivity contribution in [3.63, 3.8) is 0 Å². The highest BCUT2D eigenvalue weighted by Gasteiger charge is 2.46. The zero-order valence-electron chi connectivity index (χ0n) is 12.3. The maximum atomic E-state index is 12.5. The van der Waals surface area contributed by atoms with Crippen LogP contribution in [0.4, 0.5) is 5.13 Å². The van der Waals surface area contributed by atoms with E-state index in [0.29, 0.717) is 18.2 Å². The Hall–Kier alpha value is -1.23. The van der Waals surface area contributed by atoms with Crippen LogP contribution in [-0.4, -0.2) is 58.8 Å². The molecule has 22 heavy (non-hydrogen) atoms. The van der Waals surface area contributed by atoms with Gasteiger partial charge in [-0.05, 0) is 12.8 Å². The molecule has 0 saturated carbocycles. The summed E-state index contributed by atoms with van der Waals surface area (Å²) in [7, 11) is 1.92. The van der Waals surface area contributed by atoms with Gasteiger partial charge < -0.3 is 10.2 Å². The maximum Gasteiger partial charge on any atom is 0.240 e. The molecule has 2 aliphatic heterocycles. The molecule has 2 aliphatic rings. The van der Waals surface area contributed by atoms with Crippen LogP contribution in [0.15, 0.2) is 4.34 Å². The van der Waals surface area contributed by atoms with E-state index in [1.807, 2.05) is 18.9 Å². The number of hydrogen-bond donors (Lipinski definition) is 3. The van der Waals surface area contributed by atoms with Crippen LogP contribution in [0.25, 0.3) is 0 Å². The van der Waals surface area contributed by atoms with Crippen LogP contribution >= 0.6 is 23.1 Å². The molecule has 3 heterocycles. The van der Waals surface area contributed by atoms with E-state index in [-0.39, 0.29) is 29.7 Å². The molecule has 0 spiro atoms. The van der Waals surface area contributed by atoms with E-state index in [4.69, 9.17) is 0 Å². The Morgan fingerprint density at radius 3 is 3.09 bits per heavy atom. The normalized spacial score (nSPS) is 28.3. The number of nitrogens with one attached hydrogen (secondary N) is 3. The number of aromatic nitrogens is 2. The van der Waals surface area contributed by atoms with E-state index in [1.54, 1.807) is 11.8 Å². The first-order valence-electron chi connectivity index (χ1n) is 7.09. The zero-order chi connectivity index (χ0) is 15.7. The molecule has 0 aromatic carbocycles. The SMILES string of the molecule is CCSc1nnc(NC(=O)C2CN(C)CC3C(=O)NNC32)s1. The van der Waals surface area contributed by atoms with Crippen molar-refractivity contribution >= 4 is 40.0 Å². The number of fused-ring (bicyclic) bond motifs is 1. The maximum absolute atomic E-state index is 12.5. The van der Waals surface area contributed by atoms with E-state index in [1.165, 1.54) is 11.3 Å². The number of nitrogens with zero attached hydrogens (tertiary/aromatic N) is 3. The minimum atomic E-state index is -0.311. The molecule has 0 aliphatic carbocycles. The zero-order valence-corrected chi connectivity index (χ0v) is 14.0. The van der Waals surface area contributed by atoms with Crippen LogP contribution in [0.3, 0.4) is 0 Å². The minimum absolute atomic E-state index is 0.0492. The van der Waals surface area contributed by atoms with E-state index in [2.05, 4.69) is 26.4 Å². The van der Waals surface area contributed by atoms with Gasteiger partial charge in [0, 0.05) is 13.1 Å². The predicted molar refractivity (Wildman–Crippen MR) is 84.5 cm³/mol. The average Bonchev–Trinajstić information content (AvgIpc) is 3.06. The number of carbonyl (C=O) groups is 2. The lowest BCUT2D eigenvalue weighted by Gasteiger charge is -2.36. The molecule has 8 nitrogen and oxygen atoms in total. The van der Waals surface area contributed by atoms with Crippen LogP contribution in [0, 0.1) is 11.8 Å². The molecule has 3 rings (SSSR count). The smallest absolute Gasteiger partial charge is 0.240 e. The molecule has 0 bridgehead atoms. The van der Waals surface area contributed by atoms with Gasteiger partial charge in [-0.1, -0.05) is 30.0 Å². The van der Waals surface area contributed by atoms with Crippen LogP contribution in [0.2, 0.25) is 0 Å². The fraction of sp³-hybridized carbons (Fsp3) is 0.667. The van der Waals surface area contributed by atoms with Gasteiger partial charge in [-0.3, -0.25) is 15.0 Å². The molecular formula is C12H18N6O2S2. The molecule has 2 saturated heterocycles. The molecule has 1 aromatic heterocycles. The van der Waals surface area contributed by atoms with Crippen molar-refractivity contribution in [2.75, 3.05) is 31.2 Å². The Bertz CT molecular complexity index is 580. The highest BCUT2D eigenvalue weighted by Crippen LogP contribution is 2.28. The highest BCUT2D eigenvalue weighted by atomic mass is 32.2. The average molecular weight is 342 g/mol. The van der Waals surface area contributed by atoms with Crippen molar-refractivity contribution in [2.24, 2.45) is 11.8 Å². The quantitative estimate of drug-likeness (QED) is 0.513. The molecule has 3 unspecified atom stereocenters. The molecule has 3 atom stereocenters. The standard InChI is InChI=1S/C12H18N6O2S2/c1-3-21-12-17-16-11(22-12)13-9(19)6-4-18(2)5-7-8(6)14-15-10(7)20/h6-8,14H,3-5H2,1-2H3,(H,15,20)(H,13,16,19). The second-order valence-electron chi connectivity index (χ2n) is 5.39. The number of anilines is 1. The first-order valence-corrected chi connectivity index (χ1v) is 8.89. The Balaban J connectivity index is 1.69. The lowest BCUT2D eigenvalue weighted by Crippen LogP contribution is -2.54. The van der Waals surface area contributed by atoms with Crippen LogP contribution in [0.5, 0.6) is 0 Å². The van der Waals surface area contributed by atoms with Gasteiger partial charge in [0.15, 0.2) is 4.34 Å². The van der Waals surface area contributed by atoms with Crippen molar-refractivity contribution in [2.45, 2.75) is 17.3 Å². The number of piperidine rings is 1. The van der Waals surface area contributed by atoms with Crippen LogP contribution in [-0.2, 0) is 9.59 Å². The third-order valence-corrected chi connectivity index (χ3v) is 5.68. The number of rotatable bonds is 4. The molecule has 10 heteroatoms. The van der Waals surface area contributed by atoms with Gasteiger partial charge in [0.2, 0.25) is 16.9 Å². The predicted octanol–water partition coefficient (Wildman–Crippen LogP) is -0.231. The summed E-state index contributed by atoms with van der Waals surface area (Å²) in [6.45, 7) is 3.30. The third kappa shape index (κ3) is 3.09.